The monoisotopic (exact) mass is 495 g/mol. The second kappa shape index (κ2) is 10.4. The minimum absolute atomic E-state index is 0.224. The molecule has 3 aromatic rings. The van der Waals surface area contributed by atoms with Crippen molar-refractivity contribution in [3.05, 3.63) is 64.8 Å². The van der Waals surface area contributed by atoms with Gasteiger partial charge in [-0.2, -0.15) is 4.98 Å². The molecular formula is C25H26ClN5O4. The molecule has 1 saturated heterocycles. The first kappa shape index (κ1) is 23.2. The van der Waals surface area contributed by atoms with Crippen LogP contribution in [0.15, 0.2) is 48.5 Å². The number of hydrogen-bond acceptors (Lipinski definition) is 7. The average Bonchev–Trinajstić information content (AvgIpc) is 2.89. The topological polar surface area (TPSA) is 89.1 Å². The number of morpholine rings is 1. The number of fused-ring (bicyclic) bond motifs is 1. The van der Waals surface area contributed by atoms with Crippen LogP contribution in [-0.4, -0.2) is 60.9 Å². The Balaban J connectivity index is 1.45. The van der Waals surface area contributed by atoms with E-state index < -0.39 is 0 Å². The number of benzene rings is 2. The summed E-state index contributed by atoms with van der Waals surface area (Å²) in [4.78, 5) is 26.5. The number of amides is 2. The molecule has 2 aliphatic heterocycles. The summed E-state index contributed by atoms with van der Waals surface area (Å²) in [5, 5.41) is 3.47. The highest BCUT2D eigenvalue weighted by Gasteiger charge is 2.28. The van der Waals surface area contributed by atoms with Crippen molar-refractivity contribution in [1.29, 1.82) is 0 Å². The van der Waals surface area contributed by atoms with E-state index in [1.165, 1.54) is 0 Å². The number of hydrogen-bond donors (Lipinski definition) is 1. The van der Waals surface area contributed by atoms with Crippen molar-refractivity contribution in [2.24, 2.45) is 0 Å². The molecule has 0 atom stereocenters. The van der Waals surface area contributed by atoms with Crippen molar-refractivity contribution < 1.29 is 19.0 Å². The molecule has 0 spiro atoms. The maximum absolute atomic E-state index is 13.0. The Labute approximate surface area is 208 Å². The van der Waals surface area contributed by atoms with Gasteiger partial charge in [-0.25, -0.2) is 9.78 Å². The summed E-state index contributed by atoms with van der Waals surface area (Å²) in [6.45, 7) is 3.51. The summed E-state index contributed by atoms with van der Waals surface area (Å²) in [6, 6.07) is 14.3. The van der Waals surface area contributed by atoms with Crippen LogP contribution in [0, 0.1) is 0 Å². The highest BCUT2D eigenvalue weighted by molar-refractivity contribution is 6.30. The SMILES string of the molecule is COc1ccccc1Oc1nc(N2CCOCC2)nc2c1CN(C(=O)Nc1cccc(Cl)c1)CC2. The molecule has 0 saturated carbocycles. The molecular weight excluding hydrogens is 470 g/mol. The molecule has 2 aromatic carbocycles. The predicted molar refractivity (Wildman–Crippen MR) is 133 cm³/mol. The Kier molecular flexibility index (Phi) is 6.87. The number of para-hydroxylation sites is 2. The molecule has 35 heavy (non-hydrogen) atoms. The number of nitrogens with one attached hydrogen (secondary N) is 1. The van der Waals surface area contributed by atoms with E-state index in [2.05, 4.69) is 10.2 Å². The van der Waals surface area contributed by atoms with Crippen LogP contribution >= 0.6 is 11.6 Å². The molecule has 1 N–H and O–H groups in total. The van der Waals surface area contributed by atoms with Gasteiger partial charge < -0.3 is 29.3 Å². The van der Waals surface area contributed by atoms with Crippen molar-refractivity contribution in [3.63, 3.8) is 0 Å². The van der Waals surface area contributed by atoms with Crippen LogP contribution in [0.5, 0.6) is 17.4 Å². The molecule has 0 unspecified atom stereocenters. The zero-order valence-corrected chi connectivity index (χ0v) is 20.1. The second-order valence-corrected chi connectivity index (χ2v) is 8.65. The Hall–Kier alpha value is -3.56. The average molecular weight is 496 g/mol. The molecule has 9 nitrogen and oxygen atoms in total. The quantitative estimate of drug-likeness (QED) is 0.562. The lowest BCUT2D eigenvalue weighted by atomic mass is 10.1. The molecule has 0 bridgehead atoms. The number of rotatable bonds is 5. The van der Waals surface area contributed by atoms with E-state index in [0.29, 0.717) is 79.9 Å². The Morgan fingerprint density at radius 1 is 1.06 bits per heavy atom. The molecule has 3 heterocycles. The van der Waals surface area contributed by atoms with E-state index in [1.54, 1.807) is 36.3 Å². The van der Waals surface area contributed by atoms with Gasteiger partial charge in [0.2, 0.25) is 11.8 Å². The van der Waals surface area contributed by atoms with Gasteiger partial charge in [0.25, 0.3) is 0 Å². The molecule has 2 aliphatic rings. The Morgan fingerprint density at radius 3 is 2.63 bits per heavy atom. The molecule has 0 aliphatic carbocycles. The summed E-state index contributed by atoms with van der Waals surface area (Å²) in [5.41, 5.74) is 2.29. The fraction of sp³-hybridized carbons (Fsp3) is 0.320. The maximum atomic E-state index is 13.0. The molecule has 2 amide bonds. The summed E-state index contributed by atoms with van der Waals surface area (Å²) in [5.74, 6) is 2.17. The first-order valence-electron chi connectivity index (χ1n) is 11.5. The van der Waals surface area contributed by atoms with Crippen molar-refractivity contribution in [3.8, 4) is 17.4 Å². The lowest BCUT2D eigenvalue weighted by Gasteiger charge is -2.32. The zero-order chi connectivity index (χ0) is 24.2. The second-order valence-electron chi connectivity index (χ2n) is 8.22. The van der Waals surface area contributed by atoms with Crippen LogP contribution in [0.2, 0.25) is 5.02 Å². The van der Waals surface area contributed by atoms with Gasteiger partial charge in [0.15, 0.2) is 11.5 Å². The summed E-state index contributed by atoms with van der Waals surface area (Å²) >= 11 is 6.06. The van der Waals surface area contributed by atoms with Gasteiger partial charge in [0, 0.05) is 36.8 Å². The fourth-order valence-corrected chi connectivity index (χ4v) is 4.30. The molecule has 1 fully saturated rings. The molecule has 10 heteroatoms. The fourth-order valence-electron chi connectivity index (χ4n) is 4.11. The molecule has 182 valence electrons. The van der Waals surface area contributed by atoms with Gasteiger partial charge in [-0.3, -0.25) is 0 Å². The molecule has 5 rings (SSSR count). The van der Waals surface area contributed by atoms with Gasteiger partial charge in [-0.05, 0) is 30.3 Å². The number of carbonyl (C=O) groups excluding carboxylic acids is 1. The van der Waals surface area contributed by atoms with E-state index in [4.69, 9.17) is 35.8 Å². The van der Waals surface area contributed by atoms with Gasteiger partial charge in [0.05, 0.1) is 38.1 Å². The number of halogens is 1. The van der Waals surface area contributed by atoms with E-state index in [1.807, 2.05) is 24.3 Å². The normalized spacial score (nSPS) is 15.4. The van der Waals surface area contributed by atoms with Gasteiger partial charge in [-0.15, -0.1) is 0 Å². The standard InChI is InChI=1S/C25H26ClN5O4/c1-33-21-7-2-3-8-22(21)35-23-19-16-31(25(32)27-18-6-4-5-17(26)15-18)10-9-20(19)28-24(29-23)30-11-13-34-14-12-30/h2-8,15H,9-14,16H2,1H3,(H,27,32). The summed E-state index contributed by atoms with van der Waals surface area (Å²) in [7, 11) is 1.60. The third-order valence-electron chi connectivity index (χ3n) is 5.94. The van der Waals surface area contributed by atoms with E-state index in [0.717, 1.165) is 11.3 Å². The number of carbonyl (C=O) groups is 1. The lowest BCUT2D eigenvalue weighted by Crippen LogP contribution is -2.41. The molecule has 0 radical (unpaired) electrons. The number of anilines is 2. The number of methoxy groups -OCH3 is 1. The smallest absolute Gasteiger partial charge is 0.322 e. The van der Waals surface area contributed by atoms with Gasteiger partial charge in [-0.1, -0.05) is 29.8 Å². The van der Waals surface area contributed by atoms with E-state index in [9.17, 15) is 4.79 Å². The van der Waals surface area contributed by atoms with Crippen LogP contribution in [0.25, 0.3) is 0 Å². The van der Waals surface area contributed by atoms with Crippen molar-refractivity contribution in [2.75, 3.05) is 50.2 Å². The van der Waals surface area contributed by atoms with E-state index >= 15 is 0 Å². The van der Waals surface area contributed by atoms with Crippen LogP contribution < -0.4 is 19.7 Å². The van der Waals surface area contributed by atoms with Crippen molar-refractivity contribution in [1.82, 2.24) is 14.9 Å². The highest BCUT2D eigenvalue weighted by atomic mass is 35.5. The van der Waals surface area contributed by atoms with Crippen LogP contribution in [0.1, 0.15) is 11.3 Å². The Bertz CT molecular complexity index is 1220. The number of urea groups is 1. The molecule has 1 aromatic heterocycles. The third-order valence-corrected chi connectivity index (χ3v) is 6.18. The number of ether oxygens (including phenoxy) is 3. The lowest BCUT2D eigenvalue weighted by molar-refractivity contribution is 0.122. The largest absolute Gasteiger partial charge is 0.493 e. The Morgan fingerprint density at radius 2 is 1.86 bits per heavy atom. The predicted octanol–water partition coefficient (Wildman–Crippen LogP) is 4.36. The first-order chi connectivity index (χ1) is 17.1. The maximum Gasteiger partial charge on any atom is 0.322 e. The zero-order valence-electron chi connectivity index (χ0n) is 19.4. The van der Waals surface area contributed by atoms with Crippen LogP contribution in [0.4, 0.5) is 16.4 Å². The minimum atomic E-state index is -0.224. The highest BCUT2D eigenvalue weighted by Crippen LogP contribution is 2.35. The summed E-state index contributed by atoms with van der Waals surface area (Å²) < 4.78 is 17.2. The van der Waals surface area contributed by atoms with Crippen molar-refractivity contribution in [2.45, 2.75) is 13.0 Å². The number of nitrogens with zero attached hydrogens (tertiary/aromatic N) is 4. The van der Waals surface area contributed by atoms with Gasteiger partial charge >= 0.3 is 6.03 Å². The van der Waals surface area contributed by atoms with Crippen LogP contribution in [-0.2, 0) is 17.7 Å². The third kappa shape index (κ3) is 5.26. The van der Waals surface area contributed by atoms with Crippen molar-refractivity contribution >= 4 is 29.3 Å². The minimum Gasteiger partial charge on any atom is -0.493 e. The first-order valence-corrected chi connectivity index (χ1v) is 11.8. The number of aromatic nitrogens is 2. The van der Waals surface area contributed by atoms with Gasteiger partial charge in [0.1, 0.15) is 0 Å². The van der Waals surface area contributed by atoms with Crippen LogP contribution in [0.3, 0.4) is 0 Å². The van der Waals surface area contributed by atoms with E-state index in [-0.39, 0.29) is 6.03 Å². The summed E-state index contributed by atoms with van der Waals surface area (Å²) in [6.07, 6.45) is 0.584.